The van der Waals surface area contributed by atoms with Crippen molar-refractivity contribution in [1.82, 2.24) is 0 Å². The summed E-state index contributed by atoms with van der Waals surface area (Å²) in [6, 6.07) is 4.11. The van der Waals surface area contributed by atoms with Gasteiger partial charge in [0.25, 0.3) is 6.23 Å². The van der Waals surface area contributed by atoms with E-state index in [4.69, 9.17) is 14.2 Å². The Bertz CT molecular complexity index is 781. The Morgan fingerprint density at radius 3 is 2.86 bits per heavy atom. The van der Waals surface area contributed by atoms with E-state index in [0.717, 1.165) is 25.1 Å². The van der Waals surface area contributed by atoms with Gasteiger partial charge < -0.3 is 14.2 Å². The maximum absolute atomic E-state index is 11.4. The highest BCUT2D eigenvalue weighted by Crippen LogP contribution is 2.25. The molecule has 1 saturated heterocycles. The molecule has 1 fully saturated rings. The Labute approximate surface area is 169 Å². The van der Waals surface area contributed by atoms with Gasteiger partial charge in [-0.2, -0.15) is 0 Å². The van der Waals surface area contributed by atoms with Gasteiger partial charge in [-0.25, -0.2) is 4.58 Å². The molecular weight excluding hydrogens is 378 g/mol. The van der Waals surface area contributed by atoms with E-state index in [1.54, 1.807) is 11.3 Å². The van der Waals surface area contributed by atoms with E-state index >= 15 is 0 Å². The van der Waals surface area contributed by atoms with Crippen LogP contribution in [-0.4, -0.2) is 53.8 Å². The summed E-state index contributed by atoms with van der Waals surface area (Å²) in [6.07, 6.45) is 9.78. The number of carbonyl (C=O) groups is 2. The molecule has 0 aromatic carbocycles. The van der Waals surface area contributed by atoms with Crippen LogP contribution in [0.1, 0.15) is 38.0 Å². The van der Waals surface area contributed by atoms with Gasteiger partial charge in [0.1, 0.15) is 25.4 Å². The first-order valence-electron chi connectivity index (χ1n) is 9.50. The molecule has 3 rings (SSSR count). The number of esters is 2. The number of thiophene rings is 1. The highest BCUT2D eigenvalue weighted by molar-refractivity contribution is 7.10. The molecule has 0 radical (unpaired) electrons. The summed E-state index contributed by atoms with van der Waals surface area (Å²) in [7, 11) is 0. The van der Waals surface area contributed by atoms with Crippen molar-refractivity contribution in [3.05, 3.63) is 40.6 Å². The van der Waals surface area contributed by atoms with Crippen molar-refractivity contribution in [2.24, 2.45) is 0 Å². The lowest BCUT2D eigenvalue weighted by molar-refractivity contribution is -0.622. The third-order valence-corrected chi connectivity index (χ3v) is 5.52. The van der Waals surface area contributed by atoms with E-state index in [2.05, 4.69) is 40.3 Å². The van der Waals surface area contributed by atoms with E-state index in [1.807, 2.05) is 6.07 Å². The van der Waals surface area contributed by atoms with E-state index in [0.29, 0.717) is 6.42 Å². The second-order valence-electron chi connectivity index (χ2n) is 6.82. The zero-order valence-electron chi connectivity index (χ0n) is 16.2. The molecule has 3 atom stereocenters. The highest BCUT2D eigenvalue weighted by Gasteiger charge is 2.39. The second-order valence-corrected chi connectivity index (χ2v) is 7.79. The number of nitrogens with zero attached hydrogens (tertiary/aromatic N) is 1. The largest absolute Gasteiger partial charge is 0.463 e. The predicted molar refractivity (Wildman–Crippen MR) is 107 cm³/mol. The minimum absolute atomic E-state index is 0.0772. The minimum atomic E-state index is -0.472. The normalized spacial score (nSPS) is 25.1. The van der Waals surface area contributed by atoms with Crippen LogP contribution in [0.4, 0.5) is 0 Å². The van der Waals surface area contributed by atoms with Crippen LogP contribution in [0.15, 0.2) is 35.7 Å². The quantitative estimate of drug-likeness (QED) is 0.538. The number of rotatable bonds is 6. The van der Waals surface area contributed by atoms with Crippen LogP contribution in [0.3, 0.4) is 0 Å². The van der Waals surface area contributed by atoms with Gasteiger partial charge in [0.05, 0.1) is 0 Å². The van der Waals surface area contributed by atoms with Crippen molar-refractivity contribution in [3.8, 4) is 0 Å². The fourth-order valence-electron chi connectivity index (χ4n) is 3.43. The van der Waals surface area contributed by atoms with Gasteiger partial charge in [0.2, 0.25) is 5.71 Å². The maximum atomic E-state index is 11.4. The fraction of sp³-hybridized carbons (Fsp3) is 0.476. The summed E-state index contributed by atoms with van der Waals surface area (Å²) in [5, 5.41) is 2.05. The summed E-state index contributed by atoms with van der Waals surface area (Å²) < 4.78 is 19.0. The SMILES string of the molecule is CC(=O)OCC1OC([N+]2=C(/C=C/c3cccs3)C=CCC2)CCC1OC(C)=O. The first-order valence-corrected chi connectivity index (χ1v) is 10.4. The van der Waals surface area contributed by atoms with Gasteiger partial charge in [-0.3, -0.25) is 9.59 Å². The Morgan fingerprint density at radius 2 is 2.14 bits per heavy atom. The molecule has 0 bridgehead atoms. The molecule has 0 saturated carbocycles. The lowest BCUT2D eigenvalue weighted by Crippen LogP contribution is -2.49. The van der Waals surface area contributed by atoms with E-state index < -0.39 is 12.2 Å². The number of ether oxygens (including phenoxy) is 3. The number of hydrogen-bond acceptors (Lipinski definition) is 6. The van der Waals surface area contributed by atoms with Crippen LogP contribution in [0.5, 0.6) is 0 Å². The van der Waals surface area contributed by atoms with Crippen molar-refractivity contribution in [2.45, 2.75) is 51.5 Å². The van der Waals surface area contributed by atoms with E-state index in [1.165, 1.54) is 18.7 Å². The molecule has 2 aliphatic rings. The van der Waals surface area contributed by atoms with Gasteiger partial charge in [0.15, 0.2) is 0 Å². The van der Waals surface area contributed by atoms with Gasteiger partial charge in [-0.1, -0.05) is 12.1 Å². The summed E-state index contributed by atoms with van der Waals surface area (Å²) in [4.78, 5) is 23.8. The van der Waals surface area contributed by atoms with Crippen LogP contribution in [0, 0.1) is 0 Å². The summed E-state index contributed by atoms with van der Waals surface area (Å²) in [5.41, 5.74) is 1.09. The Morgan fingerprint density at radius 1 is 1.29 bits per heavy atom. The number of hydrogen-bond donors (Lipinski definition) is 0. The van der Waals surface area contributed by atoms with Crippen molar-refractivity contribution >= 4 is 35.1 Å². The molecule has 6 nitrogen and oxygen atoms in total. The van der Waals surface area contributed by atoms with Crippen LogP contribution >= 0.6 is 11.3 Å². The smallest absolute Gasteiger partial charge is 0.302 e. The Hall–Kier alpha value is -2.25. The molecule has 0 spiro atoms. The first-order chi connectivity index (χ1) is 13.5. The molecule has 0 amide bonds. The third kappa shape index (κ3) is 5.62. The lowest BCUT2D eigenvalue weighted by Gasteiger charge is -2.34. The van der Waals surface area contributed by atoms with Gasteiger partial charge >= 0.3 is 11.9 Å². The molecule has 28 heavy (non-hydrogen) atoms. The molecular formula is C21H26NO5S+. The van der Waals surface area contributed by atoms with Gasteiger partial charge in [0, 0.05) is 43.7 Å². The summed E-state index contributed by atoms with van der Waals surface area (Å²) >= 11 is 1.69. The van der Waals surface area contributed by atoms with Crippen LogP contribution in [0.25, 0.3) is 6.08 Å². The zero-order valence-corrected chi connectivity index (χ0v) is 17.0. The molecule has 3 heterocycles. The molecule has 2 aliphatic heterocycles. The van der Waals surface area contributed by atoms with Gasteiger partial charge in [-0.05, 0) is 23.9 Å². The molecule has 1 aromatic heterocycles. The van der Waals surface area contributed by atoms with E-state index in [-0.39, 0.29) is 24.8 Å². The second kappa shape index (κ2) is 9.80. The lowest BCUT2D eigenvalue weighted by atomic mass is 10.0. The summed E-state index contributed by atoms with van der Waals surface area (Å²) in [6.45, 7) is 3.67. The predicted octanol–water partition coefficient (Wildman–Crippen LogP) is 3.17. The van der Waals surface area contributed by atoms with Crippen molar-refractivity contribution in [3.63, 3.8) is 0 Å². The average molecular weight is 405 g/mol. The average Bonchev–Trinajstić information content (AvgIpc) is 3.19. The topological polar surface area (TPSA) is 64.8 Å². The third-order valence-electron chi connectivity index (χ3n) is 4.68. The van der Waals surface area contributed by atoms with Crippen molar-refractivity contribution < 1.29 is 28.4 Å². The molecule has 0 N–H and O–H groups in total. The van der Waals surface area contributed by atoms with Crippen LogP contribution in [0.2, 0.25) is 0 Å². The molecule has 1 aromatic rings. The molecule has 0 aliphatic carbocycles. The summed E-state index contributed by atoms with van der Waals surface area (Å²) in [5.74, 6) is -0.730. The Kier molecular flexibility index (Phi) is 7.17. The zero-order chi connectivity index (χ0) is 19.9. The Balaban J connectivity index is 1.77. The first kappa shape index (κ1) is 20.5. The highest BCUT2D eigenvalue weighted by atomic mass is 32.1. The number of allylic oxidation sites excluding steroid dienone is 2. The minimum Gasteiger partial charge on any atom is -0.463 e. The molecule has 7 heteroatoms. The number of carbonyl (C=O) groups excluding carboxylic acids is 2. The standard InChI is InChI=1S/C21H26NO5S/c1-15(23)25-14-20-19(26-16(2)24)10-11-21(27-20)22-12-4-3-6-17(22)8-9-18-7-5-13-28-18/h3,5-9,13,19-21H,4,10-12,14H2,1-2H3/q+1/b9-8+. The fourth-order valence-corrected chi connectivity index (χ4v) is 4.05. The monoisotopic (exact) mass is 404 g/mol. The maximum Gasteiger partial charge on any atom is 0.302 e. The molecule has 150 valence electrons. The van der Waals surface area contributed by atoms with E-state index in [9.17, 15) is 9.59 Å². The van der Waals surface area contributed by atoms with Gasteiger partial charge in [-0.15, -0.1) is 11.3 Å². The van der Waals surface area contributed by atoms with Crippen molar-refractivity contribution in [2.75, 3.05) is 13.2 Å². The van der Waals surface area contributed by atoms with Crippen molar-refractivity contribution in [1.29, 1.82) is 0 Å². The van der Waals surface area contributed by atoms with Crippen LogP contribution < -0.4 is 0 Å². The molecule has 3 unspecified atom stereocenters. The van der Waals surface area contributed by atoms with Crippen LogP contribution in [-0.2, 0) is 23.8 Å².